The predicted octanol–water partition coefficient (Wildman–Crippen LogP) is 0.361. The number of rotatable bonds is 1. The molecule has 68 valence electrons. The van der Waals surface area contributed by atoms with Gasteiger partial charge in [-0.1, -0.05) is 0 Å². The van der Waals surface area contributed by atoms with E-state index in [4.69, 9.17) is 0 Å². The Morgan fingerprint density at radius 2 is 2.33 bits per heavy atom. The van der Waals surface area contributed by atoms with Gasteiger partial charge in [-0.3, -0.25) is 4.79 Å². The van der Waals surface area contributed by atoms with Crippen LogP contribution in [0.15, 0.2) is 0 Å². The van der Waals surface area contributed by atoms with Crippen LogP contribution in [-0.4, -0.2) is 36.5 Å². The fourth-order valence-electron chi connectivity index (χ4n) is 2.15. The van der Waals surface area contributed by atoms with Crippen LogP contribution in [0.5, 0.6) is 0 Å². The third kappa shape index (κ3) is 1.46. The average molecular weight is 168 g/mol. The van der Waals surface area contributed by atoms with Gasteiger partial charge < -0.3 is 10.2 Å². The summed E-state index contributed by atoms with van der Waals surface area (Å²) in [6.07, 6.45) is 4.25. The predicted molar refractivity (Wildman–Crippen MR) is 46.8 cm³/mol. The lowest BCUT2D eigenvalue weighted by molar-refractivity contribution is -0.129. The van der Waals surface area contributed by atoms with Crippen LogP contribution >= 0.6 is 0 Å². The quantitative estimate of drug-likeness (QED) is 0.613. The fourth-order valence-corrected chi connectivity index (χ4v) is 2.15. The molecule has 2 fully saturated rings. The highest BCUT2D eigenvalue weighted by atomic mass is 16.2. The molecule has 2 aliphatic heterocycles. The number of hydrogen-bond acceptors (Lipinski definition) is 2. The molecule has 0 bridgehead atoms. The largest absolute Gasteiger partial charge is 0.338 e. The molecule has 1 amide bonds. The van der Waals surface area contributed by atoms with E-state index < -0.39 is 0 Å². The van der Waals surface area contributed by atoms with Crippen molar-refractivity contribution in [3.05, 3.63) is 0 Å². The van der Waals surface area contributed by atoms with Crippen molar-refractivity contribution < 1.29 is 4.79 Å². The highest BCUT2D eigenvalue weighted by Gasteiger charge is 2.28. The van der Waals surface area contributed by atoms with Crippen LogP contribution in [0.4, 0.5) is 0 Å². The Hall–Kier alpha value is -0.570. The number of carbonyl (C=O) groups excluding carboxylic acids is 1. The molecule has 0 spiro atoms. The third-order valence-electron chi connectivity index (χ3n) is 2.82. The smallest absolute Gasteiger partial charge is 0.222 e. The maximum absolute atomic E-state index is 11.4. The first-order valence-electron chi connectivity index (χ1n) is 4.88. The molecule has 0 aromatic rings. The van der Waals surface area contributed by atoms with Gasteiger partial charge in [0.2, 0.25) is 5.91 Å². The summed E-state index contributed by atoms with van der Waals surface area (Å²) in [4.78, 5) is 13.4. The van der Waals surface area contributed by atoms with E-state index in [0.29, 0.717) is 11.9 Å². The van der Waals surface area contributed by atoms with Crippen LogP contribution < -0.4 is 5.32 Å². The van der Waals surface area contributed by atoms with Gasteiger partial charge in [0.1, 0.15) is 0 Å². The summed E-state index contributed by atoms with van der Waals surface area (Å²) in [6.45, 7) is 3.12. The zero-order valence-corrected chi connectivity index (χ0v) is 7.38. The molecule has 2 heterocycles. The van der Waals surface area contributed by atoms with Gasteiger partial charge in [0.05, 0.1) is 0 Å². The molecular formula is C9H16N2O. The van der Waals surface area contributed by atoms with E-state index in [0.717, 1.165) is 32.5 Å². The van der Waals surface area contributed by atoms with E-state index in [2.05, 4.69) is 10.2 Å². The van der Waals surface area contributed by atoms with Crippen molar-refractivity contribution in [2.75, 3.05) is 19.6 Å². The van der Waals surface area contributed by atoms with E-state index >= 15 is 0 Å². The first kappa shape index (κ1) is 8.05. The summed E-state index contributed by atoms with van der Waals surface area (Å²) >= 11 is 0. The average Bonchev–Trinajstić information content (AvgIpc) is 2.53. The van der Waals surface area contributed by atoms with Gasteiger partial charge in [-0.25, -0.2) is 0 Å². The van der Waals surface area contributed by atoms with Gasteiger partial charge in [-0.15, -0.1) is 0 Å². The van der Waals surface area contributed by atoms with Crippen molar-refractivity contribution in [1.82, 2.24) is 10.2 Å². The van der Waals surface area contributed by atoms with Crippen molar-refractivity contribution in [1.29, 1.82) is 0 Å². The maximum atomic E-state index is 11.4. The van der Waals surface area contributed by atoms with Crippen LogP contribution in [0.1, 0.15) is 25.7 Å². The van der Waals surface area contributed by atoms with Crippen molar-refractivity contribution in [3.8, 4) is 0 Å². The third-order valence-corrected chi connectivity index (χ3v) is 2.82. The summed E-state index contributed by atoms with van der Waals surface area (Å²) in [6, 6.07) is 0.494. The molecule has 3 heteroatoms. The number of piperidine rings is 1. The minimum atomic E-state index is 0.365. The van der Waals surface area contributed by atoms with Gasteiger partial charge in [0.25, 0.3) is 0 Å². The van der Waals surface area contributed by atoms with Crippen LogP contribution in [0.25, 0.3) is 0 Å². The second-order valence-corrected chi connectivity index (χ2v) is 3.69. The number of amides is 1. The Morgan fingerprint density at radius 1 is 1.42 bits per heavy atom. The summed E-state index contributed by atoms with van der Waals surface area (Å²) in [7, 11) is 0. The minimum Gasteiger partial charge on any atom is -0.338 e. The lowest BCUT2D eigenvalue weighted by atomic mass is 10.1. The van der Waals surface area contributed by atoms with E-state index in [9.17, 15) is 4.79 Å². The molecule has 1 atom stereocenters. The van der Waals surface area contributed by atoms with Gasteiger partial charge in [-0.05, 0) is 25.8 Å². The summed E-state index contributed by atoms with van der Waals surface area (Å²) in [5.41, 5.74) is 0. The van der Waals surface area contributed by atoms with Gasteiger partial charge >= 0.3 is 0 Å². The van der Waals surface area contributed by atoms with Gasteiger partial charge in [-0.2, -0.15) is 0 Å². The molecule has 3 nitrogen and oxygen atoms in total. The standard InChI is InChI=1S/C9H16N2O/c12-9-4-2-6-11(9)8-3-1-5-10-7-8/h8,10H,1-7H2/t8-/m1/s1. The van der Waals surface area contributed by atoms with Crippen LogP contribution in [0, 0.1) is 0 Å². The normalized spacial score (nSPS) is 31.2. The topological polar surface area (TPSA) is 32.3 Å². The number of nitrogens with zero attached hydrogens (tertiary/aromatic N) is 1. The number of likely N-dealkylation sites (tertiary alicyclic amines) is 1. The molecule has 0 radical (unpaired) electrons. The summed E-state index contributed by atoms with van der Waals surface area (Å²) in [5.74, 6) is 0.365. The van der Waals surface area contributed by atoms with Crippen molar-refractivity contribution in [3.63, 3.8) is 0 Å². The molecule has 0 saturated carbocycles. The van der Waals surface area contributed by atoms with Gasteiger partial charge in [0, 0.05) is 25.6 Å². The monoisotopic (exact) mass is 168 g/mol. The van der Waals surface area contributed by atoms with Crippen molar-refractivity contribution >= 4 is 5.91 Å². The van der Waals surface area contributed by atoms with Gasteiger partial charge in [0.15, 0.2) is 0 Å². The van der Waals surface area contributed by atoms with Crippen LogP contribution in [0.2, 0.25) is 0 Å². The Bertz CT molecular complexity index is 175. The van der Waals surface area contributed by atoms with E-state index in [1.807, 2.05) is 0 Å². The lowest BCUT2D eigenvalue weighted by Crippen LogP contribution is -2.46. The lowest BCUT2D eigenvalue weighted by Gasteiger charge is -2.31. The molecule has 0 unspecified atom stereocenters. The Labute approximate surface area is 73.1 Å². The fraction of sp³-hybridized carbons (Fsp3) is 0.889. The first-order valence-corrected chi connectivity index (χ1v) is 4.88. The molecule has 2 saturated heterocycles. The maximum Gasteiger partial charge on any atom is 0.222 e. The number of carbonyl (C=O) groups is 1. The summed E-state index contributed by atoms with van der Waals surface area (Å²) in [5, 5.41) is 3.34. The molecule has 0 aromatic heterocycles. The zero-order chi connectivity index (χ0) is 8.39. The van der Waals surface area contributed by atoms with E-state index in [1.54, 1.807) is 0 Å². The molecule has 2 aliphatic rings. The van der Waals surface area contributed by atoms with E-state index in [1.165, 1.54) is 12.8 Å². The highest BCUT2D eigenvalue weighted by molar-refractivity contribution is 5.78. The van der Waals surface area contributed by atoms with Crippen molar-refractivity contribution in [2.24, 2.45) is 0 Å². The zero-order valence-electron chi connectivity index (χ0n) is 7.38. The molecule has 1 N–H and O–H groups in total. The van der Waals surface area contributed by atoms with Crippen LogP contribution in [0.3, 0.4) is 0 Å². The van der Waals surface area contributed by atoms with Crippen molar-refractivity contribution in [2.45, 2.75) is 31.7 Å². The molecule has 0 aliphatic carbocycles. The Kier molecular flexibility index (Phi) is 2.30. The second-order valence-electron chi connectivity index (χ2n) is 3.69. The summed E-state index contributed by atoms with van der Waals surface area (Å²) < 4.78 is 0. The Morgan fingerprint density at radius 3 is 2.92 bits per heavy atom. The Balaban J connectivity index is 1.93. The second kappa shape index (κ2) is 3.44. The number of nitrogens with one attached hydrogen (secondary N) is 1. The minimum absolute atomic E-state index is 0.365. The SMILES string of the molecule is O=C1CCCN1[C@@H]1CCCNC1. The molecular weight excluding hydrogens is 152 g/mol. The number of hydrogen-bond donors (Lipinski definition) is 1. The first-order chi connectivity index (χ1) is 5.88. The highest BCUT2D eigenvalue weighted by Crippen LogP contribution is 2.17. The molecule has 0 aromatic carbocycles. The van der Waals surface area contributed by atoms with E-state index in [-0.39, 0.29) is 0 Å². The molecule has 12 heavy (non-hydrogen) atoms. The van der Waals surface area contributed by atoms with Crippen LogP contribution in [-0.2, 0) is 4.79 Å². The molecule has 2 rings (SSSR count).